The first-order valence-corrected chi connectivity index (χ1v) is 6.23. The number of methoxy groups -OCH3 is 1. The van der Waals surface area contributed by atoms with Gasteiger partial charge < -0.3 is 19.9 Å². The summed E-state index contributed by atoms with van der Waals surface area (Å²) in [5, 5.41) is 0.816. The van der Waals surface area contributed by atoms with Crippen LogP contribution < -0.4 is 5.73 Å². The fraction of sp³-hybridized carbons (Fsp3) is 0.417. The number of carbonyl (C=O) groups is 1. The van der Waals surface area contributed by atoms with Crippen molar-refractivity contribution in [3.63, 3.8) is 0 Å². The number of primary amides is 1. The van der Waals surface area contributed by atoms with Crippen LogP contribution in [0.3, 0.4) is 0 Å². The lowest BCUT2D eigenvalue weighted by atomic mass is 10.1. The van der Waals surface area contributed by atoms with Gasteiger partial charge in [0.25, 0.3) is 0 Å². The minimum Gasteiger partial charge on any atom is -0.444 e. The molecule has 0 spiro atoms. The summed E-state index contributed by atoms with van der Waals surface area (Å²) in [7, 11) is 1.49. The van der Waals surface area contributed by atoms with Gasteiger partial charge in [-0.3, -0.25) is 0 Å². The molecule has 2 unspecified atom stereocenters. The monoisotopic (exact) mass is 307 g/mol. The van der Waals surface area contributed by atoms with Gasteiger partial charge in [-0.15, -0.1) is 0 Å². The molecule has 0 radical (unpaired) electrons. The van der Waals surface area contributed by atoms with E-state index in [1.807, 2.05) is 0 Å². The zero-order valence-electron chi connectivity index (χ0n) is 10.6. The van der Waals surface area contributed by atoms with E-state index in [-0.39, 0.29) is 6.79 Å². The van der Waals surface area contributed by atoms with E-state index in [9.17, 15) is 4.79 Å². The highest BCUT2D eigenvalue weighted by Gasteiger charge is 2.23. The Balaban J connectivity index is 2.94. The van der Waals surface area contributed by atoms with E-state index in [1.54, 1.807) is 25.1 Å². The van der Waals surface area contributed by atoms with E-state index in [4.69, 9.17) is 43.1 Å². The lowest BCUT2D eigenvalue weighted by molar-refractivity contribution is -0.111. The van der Waals surface area contributed by atoms with Crippen molar-refractivity contribution in [1.82, 2.24) is 0 Å². The van der Waals surface area contributed by atoms with Crippen molar-refractivity contribution in [1.29, 1.82) is 0 Å². The second-order valence-corrected chi connectivity index (χ2v) is 4.62. The minimum absolute atomic E-state index is 0.0391. The third-order valence-corrected chi connectivity index (χ3v) is 3.11. The van der Waals surface area contributed by atoms with Gasteiger partial charge in [-0.2, -0.15) is 0 Å². The Morgan fingerprint density at radius 2 is 2.05 bits per heavy atom. The summed E-state index contributed by atoms with van der Waals surface area (Å²) < 4.78 is 15.2. The number of hydrogen-bond acceptors (Lipinski definition) is 4. The summed E-state index contributed by atoms with van der Waals surface area (Å²) >= 11 is 11.8. The van der Waals surface area contributed by atoms with Gasteiger partial charge in [-0.1, -0.05) is 29.3 Å². The second kappa shape index (κ2) is 7.55. The number of halogens is 2. The van der Waals surface area contributed by atoms with E-state index in [1.165, 1.54) is 7.11 Å². The molecule has 5 nitrogen and oxygen atoms in total. The third-order valence-electron chi connectivity index (χ3n) is 2.37. The van der Waals surface area contributed by atoms with Crippen molar-refractivity contribution in [3.8, 4) is 0 Å². The molecule has 0 aliphatic carbocycles. The smallest absolute Gasteiger partial charge is 0.404 e. The molecular weight excluding hydrogens is 293 g/mol. The number of hydrogen-bond donors (Lipinski definition) is 1. The van der Waals surface area contributed by atoms with Crippen molar-refractivity contribution in [2.45, 2.75) is 19.1 Å². The summed E-state index contributed by atoms with van der Waals surface area (Å²) in [6.45, 7) is 1.70. The van der Waals surface area contributed by atoms with Gasteiger partial charge in [-0.05, 0) is 24.6 Å². The van der Waals surface area contributed by atoms with E-state index in [0.29, 0.717) is 15.6 Å². The van der Waals surface area contributed by atoms with Crippen molar-refractivity contribution in [2.75, 3.05) is 13.9 Å². The summed E-state index contributed by atoms with van der Waals surface area (Å²) in [6.07, 6.45) is -2.02. The van der Waals surface area contributed by atoms with Gasteiger partial charge in [0.2, 0.25) is 0 Å². The van der Waals surface area contributed by atoms with E-state index >= 15 is 0 Å². The van der Waals surface area contributed by atoms with Crippen LogP contribution in [0.5, 0.6) is 0 Å². The van der Waals surface area contributed by atoms with Gasteiger partial charge in [-0.25, -0.2) is 4.79 Å². The molecule has 0 aromatic heterocycles. The molecule has 2 N–H and O–H groups in total. The van der Waals surface area contributed by atoms with Crippen molar-refractivity contribution < 1.29 is 19.0 Å². The molecule has 7 heteroatoms. The Kier molecular flexibility index (Phi) is 6.37. The van der Waals surface area contributed by atoms with Crippen LogP contribution in [0, 0.1) is 0 Å². The number of benzene rings is 1. The molecular formula is C12H15Cl2NO4. The molecule has 0 aliphatic heterocycles. The highest BCUT2D eigenvalue weighted by Crippen LogP contribution is 2.29. The topological polar surface area (TPSA) is 70.8 Å². The molecule has 0 bridgehead atoms. The van der Waals surface area contributed by atoms with Crippen LogP contribution in [0.25, 0.3) is 0 Å². The Morgan fingerprint density at radius 1 is 1.37 bits per heavy atom. The van der Waals surface area contributed by atoms with Gasteiger partial charge in [0.05, 0.1) is 10.0 Å². The average Bonchev–Trinajstić information content (AvgIpc) is 2.33. The van der Waals surface area contributed by atoms with Gasteiger partial charge in [0.15, 0.2) is 0 Å². The Labute approximate surface area is 121 Å². The normalized spacial score (nSPS) is 13.9. The number of ether oxygens (including phenoxy) is 3. The summed E-state index contributed by atoms with van der Waals surface area (Å²) in [4.78, 5) is 10.8. The van der Waals surface area contributed by atoms with Gasteiger partial charge in [0.1, 0.15) is 19.0 Å². The van der Waals surface area contributed by atoms with Gasteiger partial charge >= 0.3 is 6.09 Å². The fourth-order valence-electron chi connectivity index (χ4n) is 1.58. The maximum Gasteiger partial charge on any atom is 0.404 e. The zero-order chi connectivity index (χ0) is 14.4. The summed E-state index contributed by atoms with van der Waals surface area (Å²) in [5.74, 6) is 0. The SMILES string of the molecule is COCOC(c1ccc(Cl)c(Cl)c1)C(C)OC(N)=O. The molecule has 19 heavy (non-hydrogen) atoms. The summed E-state index contributed by atoms with van der Waals surface area (Å²) in [5.41, 5.74) is 5.71. The van der Waals surface area contributed by atoms with Crippen molar-refractivity contribution in [2.24, 2.45) is 5.73 Å². The second-order valence-electron chi connectivity index (χ2n) is 3.81. The first-order valence-electron chi connectivity index (χ1n) is 5.47. The summed E-state index contributed by atoms with van der Waals surface area (Å²) in [6, 6.07) is 5.01. The molecule has 106 valence electrons. The molecule has 0 heterocycles. The Morgan fingerprint density at radius 3 is 2.58 bits per heavy atom. The third kappa shape index (κ3) is 4.87. The first kappa shape index (κ1) is 16.0. The Bertz CT molecular complexity index is 442. The molecule has 0 fully saturated rings. The average molecular weight is 308 g/mol. The van der Waals surface area contributed by atoms with Gasteiger partial charge in [0, 0.05) is 7.11 Å². The number of nitrogens with two attached hydrogens (primary N) is 1. The lowest BCUT2D eigenvalue weighted by Gasteiger charge is -2.24. The lowest BCUT2D eigenvalue weighted by Crippen LogP contribution is -2.28. The van der Waals surface area contributed by atoms with Crippen molar-refractivity contribution in [3.05, 3.63) is 33.8 Å². The van der Waals surface area contributed by atoms with Crippen LogP contribution >= 0.6 is 23.2 Å². The largest absolute Gasteiger partial charge is 0.444 e. The molecule has 0 saturated heterocycles. The van der Waals surface area contributed by atoms with E-state index < -0.39 is 18.3 Å². The van der Waals surface area contributed by atoms with Crippen LogP contribution in [0.1, 0.15) is 18.6 Å². The van der Waals surface area contributed by atoms with Crippen LogP contribution in [0.4, 0.5) is 4.79 Å². The number of amides is 1. The van der Waals surface area contributed by atoms with Crippen LogP contribution in [0.2, 0.25) is 10.0 Å². The quantitative estimate of drug-likeness (QED) is 0.820. The molecule has 0 saturated carbocycles. The predicted octanol–water partition coefficient (Wildman–Crippen LogP) is 3.14. The molecule has 1 aromatic carbocycles. The zero-order valence-corrected chi connectivity index (χ0v) is 12.1. The fourth-order valence-corrected chi connectivity index (χ4v) is 1.88. The van der Waals surface area contributed by atoms with Crippen LogP contribution in [-0.4, -0.2) is 26.1 Å². The maximum absolute atomic E-state index is 10.8. The highest BCUT2D eigenvalue weighted by molar-refractivity contribution is 6.42. The first-order chi connectivity index (χ1) is 8.95. The molecule has 0 aliphatic rings. The van der Waals surface area contributed by atoms with Crippen molar-refractivity contribution >= 4 is 29.3 Å². The van der Waals surface area contributed by atoms with E-state index in [2.05, 4.69) is 0 Å². The molecule has 1 aromatic rings. The number of rotatable bonds is 6. The molecule has 1 amide bonds. The molecule has 2 atom stereocenters. The maximum atomic E-state index is 10.8. The standard InChI is InChI=1S/C12H15Cl2NO4/c1-7(19-12(15)16)11(18-6-17-2)8-3-4-9(13)10(14)5-8/h3-5,7,11H,6H2,1-2H3,(H2,15,16). The van der Waals surface area contributed by atoms with E-state index in [0.717, 1.165) is 0 Å². The highest BCUT2D eigenvalue weighted by atomic mass is 35.5. The minimum atomic E-state index is -0.876. The van der Waals surface area contributed by atoms with Crippen LogP contribution in [-0.2, 0) is 14.2 Å². The Hall–Kier alpha value is -1.01. The van der Waals surface area contributed by atoms with Crippen LogP contribution in [0.15, 0.2) is 18.2 Å². The number of carbonyl (C=O) groups excluding carboxylic acids is 1. The molecule has 1 rings (SSSR count). The predicted molar refractivity (Wildman–Crippen MR) is 72.3 cm³/mol.